The first-order chi connectivity index (χ1) is 15.3. The van der Waals surface area contributed by atoms with E-state index in [4.69, 9.17) is 9.47 Å². The highest BCUT2D eigenvalue weighted by atomic mass is 16.5. The number of rotatable bonds is 5. The molecule has 1 aromatic heterocycles. The smallest absolute Gasteiger partial charge is 0.255 e. The number of fused-ring (bicyclic) bond motifs is 1. The van der Waals surface area contributed by atoms with Crippen molar-refractivity contribution < 1.29 is 14.3 Å². The van der Waals surface area contributed by atoms with E-state index >= 15 is 0 Å². The third-order valence-corrected chi connectivity index (χ3v) is 4.62. The minimum atomic E-state index is -0.344. The zero-order valence-electron chi connectivity index (χ0n) is 18.5. The monoisotopic (exact) mass is 427 g/mol. The number of hydrogen-bond donors (Lipinski definition) is 1. The Balaban J connectivity index is 1.62. The summed E-state index contributed by atoms with van der Waals surface area (Å²) < 4.78 is 11.9. The SMILES string of the molecule is Cc1nccc(Oc2ccc(NC(=O)c3cccc(OC(C)(C)C)c3)c3ccccc23)n1. The number of aromatic nitrogens is 2. The lowest BCUT2D eigenvalue weighted by Crippen LogP contribution is -2.23. The largest absolute Gasteiger partial charge is 0.488 e. The van der Waals surface area contributed by atoms with Gasteiger partial charge in [-0.1, -0.05) is 30.3 Å². The normalized spacial score (nSPS) is 11.2. The van der Waals surface area contributed by atoms with E-state index in [1.165, 1.54) is 0 Å². The van der Waals surface area contributed by atoms with Crippen molar-refractivity contribution in [1.29, 1.82) is 0 Å². The molecular weight excluding hydrogens is 402 g/mol. The average Bonchev–Trinajstić information content (AvgIpc) is 2.74. The highest BCUT2D eigenvalue weighted by Crippen LogP contribution is 2.34. The van der Waals surface area contributed by atoms with Gasteiger partial charge in [0.2, 0.25) is 5.88 Å². The molecule has 1 amide bonds. The Morgan fingerprint density at radius 1 is 0.938 bits per heavy atom. The van der Waals surface area contributed by atoms with E-state index < -0.39 is 0 Å². The van der Waals surface area contributed by atoms with Crippen LogP contribution in [0.15, 0.2) is 72.9 Å². The van der Waals surface area contributed by atoms with Crippen LogP contribution in [0.1, 0.15) is 37.0 Å². The molecule has 1 N–H and O–H groups in total. The van der Waals surface area contributed by atoms with Gasteiger partial charge in [-0.2, -0.15) is 4.98 Å². The van der Waals surface area contributed by atoms with Crippen LogP contribution in [0.3, 0.4) is 0 Å². The van der Waals surface area contributed by atoms with Crippen molar-refractivity contribution in [1.82, 2.24) is 9.97 Å². The maximum absolute atomic E-state index is 13.0. The second-order valence-corrected chi connectivity index (χ2v) is 8.40. The Hall–Kier alpha value is -3.93. The number of anilines is 1. The number of ether oxygens (including phenoxy) is 2. The molecule has 1 heterocycles. The van der Waals surface area contributed by atoms with E-state index in [0.29, 0.717) is 34.5 Å². The molecule has 6 nitrogen and oxygen atoms in total. The maximum Gasteiger partial charge on any atom is 0.255 e. The average molecular weight is 428 g/mol. The summed E-state index contributed by atoms with van der Waals surface area (Å²) in [6.07, 6.45) is 1.66. The van der Waals surface area contributed by atoms with Gasteiger partial charge in [0, 0.05) is 34.3 Å². The van der Waals surface area contributed by atoms with Crippen molar-refractivity contribution in [3.63, 3.8) is 0 Å². The quantitative estimate of drug-likeness (QED) is 0.413. The molecule has 162 valence electrons. The fourth-order valence-electron chi connectivity index (χ4n) is 3.32. The zero-order chi connectivity index (χ0) is 22.7. The lowest BCUT2D eigenvalue weighted by atomic mass is 10.1. The van der Waals surface area contributed by atoms with Crippen molar-refractivity contribution in [2.24, 2.45) is 0 Å². The van der Waals surface area contributed by atoms with Crippen LogP contribution >= 0.6 is 0 Å². The fourth-order valence-corrected chi connectivity index (χ4v) is 3.32. The fraction of sp³-hybridized carbons (Fsp3) is 0.192. The van der Waals surface area contributed by atoms with Gasteiger partial charge in [0.25, 0.3) is 5.91 Å². The minimum absolute atomic E-state index is 0.213. The third kappa shape index (κ3) is 5.03. The number of carbonyl (C=O) groups excluding carboxylic acids is 1. The van der Waals surface area contributed by atoms with Crippen LogP contribution in [-0.4, -0.2) is 21.5 Å². The second kappa shape index (κ2) is 8.67. The highest BCUT2D eigenvalue weighted by Gasteiger charge is 2.15. The van der Waals surface area contributed by atoms with Gasteiger partial charge in [0.15, 0.2) is 0 Å². The van der Waals surface area contributed by atoms with Crippen molar-refractivity contribution in [2.75, 3.05) is 5.32 Å². The molecule has 4 rings (SSSR count). The predicted octanol–water partition coefficient (Wildman–Crippen LogP) is 6.16. The molecule has 0 unspecified atom stereocenters. The molecule has 0 spiro atoms. The van der Waals surface area contributed by atoms with Crippen molar-refractivity contribution in [3.8, 4) is 17.4 Å². The standard InChI is InChI=1S/C26H25N3O3/c1-17-27-15-14-24(28-17)31-23-13-12-22(20-10-5-6-11-21(20)23)29-25(30)18-8-7-9-19(16-18)32-26(2,3)4/h5-16H,1-4H3,(H,29,30). The van der Waals surface area contributed by atoms with Crippen LogP contribution in [0.5, 0.6) is 17.4 Å². The summed E-state index contributed by atoms with van der Waals surface area (Å²) in [5, 5.41) is 4.75. The number of nitrogens with zero attached hydrogens (tertiary/aromatic N) is 2. The Morgan fingerprint density at radius 3 is 2.47 bits per heavy atom. The highest BCUT2D eigenvalue weighted by molar-refractivity contribution is 6.10. The lowest BCUT2D eigenvalue weighted by molar-refractivity contribution is 0.102. The molecule has 32 heavy (non-hydrogen) atoms. The topological polar surface area (TPSA) is 73.3 Å². The molecule has 0 atom stereocenters. The van der Waals surface area contributed by atoms with Crippen LogP contribution < -0.4 is 14.8 Å². The summed E-state index contributed by atoms with van der Waals surface area (Å²) >= 11 is 0. The van der Waals surface area contributed by atoms with E-state index in [-0.39, 0.29) is 11.5 Å². The zero-order valence-corrected chi connectivity index (χ0v) is 18.5. The Kier molecular flexibility index (Phi) is 5.77. The molecule has 0 bridgehead atoms. The van der Waals surface area contributed by atoms with Gasteiger partial charge in [-0.25, -0.2) is 4.98 Å². The van der Waals surface area contributed by atoms with Crippen molar-refractivity contribution in [3.05, 3.63) is 84.3 Å². The number of carbonyl (C=O) groups is 1. The van der Waals surface area contributed by atoms with Gasteiger partial charge in [-0.15, -0.1) is 0 Å². The van der Waals surface area contributed by atoms with Gasteiger partial charge in [-0.05, 0) is 58.0 Å². The molecule has 0 aliphatic rings. The molecule has 4 aromatic rings. The molecule has 0 aliphatic heterocycles. The number of hydrogen-bond acceptors (Lipinski definition) is 5. The van der Waals surface area contributed by atoms with Crippen LogP contribution in [0, 0.1) is 6.92 Å². The second-order valence-electron chi connectivity index (χ2n) is 8.40. The van der Waals surface area contributed by atoms with Gasteiger partial charge in [0.1, 0.15) is 22.9 Å². The molecule has 0 saturated heterocycles. The van der Waals surface area contributed by atoms with Crippen LogP contribution in [0.25, 0.3) is 10.8 Å². The minimum Gasteiger partial charge on any atom is -0.488 e. The summed E-state index contributed by atoms with van der Waals surface area (Å²) in [6.45, 7) is 7.72. The number of aryl methyl sites for hydroxylation is 1. The van der Waals surface area contributed by atoms with Gasteiger partial charge in [-0.3, -0.25) is 4.79 Å². The van der Waals surface area contributed by atoms with E-state index in [9.17, 15) is 4.79 Å². The lowest BCUT2D eigenvalue weighted by Gasteiger charge is -2.21. The molecule has 0 aliphatic carbocycles. The molecule has 3 aromatic carbocycles. The Morgan fingerprint density at radius 2 is 1.72 bits per heavy atom. The first kappa shape index (κ1) is 21.3. The molecule has 0 radical (unpaired) electrons. The predicted molar refractivity (Wildman–Crippen MR) is 126 cm³/mol. The molecule has 0 saturated carbocycles. The van der Waals surface area contributed by atoms with E-state index in [1.54, 1.807) is 24.4 Å². The number of benzene rings is 3. The number of amides is 1. The van der Waals surface area contributed by atoms with Crippen molar-refractivity contribution in [2.45, 2.75) is 33.3 Å². The summed E-state index contributed by atoms with van der Waals surface area (Å²) in [4.78, 5) is 21.4. The number of nitrogens with one attached hydrogen (secondary N) is 1. The molecule has 6 heteroatoms. The van der Waals surface area contributed by atoms with Crippen LogP contribution in [-0.2, 0) is 0 Å². The Labute approximate surface area is 187 Å². The maximum atomic E-state index is 13.0. The van der Waals surface area contributed by atoms with Gasteiger partial charge < -0.3 is 14.8 Å². The van der Waals surface area contributed by atoms with E-state index in [0.717, 1.165) is 10.8 Å². The summed E-state index contributed by atoms with van der Waals surface area (Å²) in [6, 6.07) is 20.3. The third-order valence-electron chi connectivity index (χ3n) is 4.62. The summed E-state index contributed by atoms with van der Waals surface area (Å²) in [5.74, 6) is 2.19. The first-order valence-electron chi connectivity index (χ1n) is 10.4. The van der Waals surface area contributed by atoms with Crippen LogP contribution in [0.2, 0.25) is 0 Å². The van der Waals surface area contributed by atoms with E-state index in [1.807, 2.05) is 76.2 Å². The van der Waals surface area contributed by atoms with Crippen molar-refractivity contribution >= 4 is 22.4 Å². The molecular formula is C26H25N3O3. The Bertz CT molecular complexity index is 1280. The van der Waals surface area contributed by atoms with Gasteiger partial charge >= 0.3 is 0 Å². The van der Waals surface area contributed by atoms with Crippen LogP contribution in [0.4, 0.5) is 5.69 Å². The molecule has 0 fully saturated rings. The summed E-state index contributed by atoms with van der Waals surface area (Å²) in [7, 11) is 0. The van der Waals surface area contributed by atoms with Gasteiger partial charge in [0.05, 0.1) is 0 Å². The first-order valence-corrected chi connectivity index (χ1v) is 10.4. The summed E-state index contributed by atoms with van der Waals surface area (Å²) in [5.41, 5.74) is 0.871. The van der Waals surface area contributed by atoms with E-state index in [2.05, 4.69) is 15.3 Å².